The van der Waals surface area contributed by atoms with Crippen LogP contribution >= 0.6 is 0 Å². The Kier molecular flexibility index (Phi) is 1.67. The van der Waals surface area contributed by atoms with E-state index in [9.17, 15) is 4.39 Å². The molecule has 1 heterocycles. The number of fused-ring (bicyclic) bond motifs is 1. The fourth-order valence-electron chi connectivity index (χ4n) is 1.13. The lowest BCUT2D eigenvalue weighted by atomic mass is 10.1. The monoisotopic (exact) mass is 171 g/mol. The predicted molar refractivity (Wildman–Crippen MR) is 45.3 cm³/mol. The second-order valence-electron chi connectivity index (χ2n) is 2.58. The van der Waals surface area contributed by atoms with Crippen molar-refractivity contribution in [2.45, 2.75) is 0 Å². The molecule has 0 aliphatic rings. The van der Waals surface area contributed by atoms with Crippen LogP contribution < -0.4 is 0 Å². The Labute approximate surface area is 74.3 Å². The van der Waals surface area contributed by atoms with Gasteiger partial charge >= 0.3 is 0 Å². The Balaban J connectivity index is 2.83. The Morgan fingerprint density at radius 1 is 1.46 bits per heavy atom. The van der Waals surface area contributed by atoms with E-state index >= 15 is 0 Å². The quantitative estimate of drug-likeness (QED) is 0.608. The van der Waals surface area contributed by atoms with Crippen LogP contribution in [0.2, 0.25) is 0 Å². The van der Waals surface area contributed by atoms with E-state index in [0.717, 1.165) is 0 Å². The SMILES string of the molecule is N#Cc1cc2n[c]ccc2cc1F. The molecule has 0 aliphatic carbocycles. The van der Waals surface area contributed by atoms with Crippen molar-refractivity contribution >= 4 is 10.9 Å². The van der Waals surface area contributed by atoms with E-state index < -0.39 is 5.82 Å². The molecule has 0 amide bonds. The molecule has 1 aromatic carbocycles. The highest BCUT2D eigenvalue weighted by Crippen LogP contribution is 2.15. The van der Waals surface area contributed by atoms with E-state index in [0.29, 0.717) is 10.9 Å². The smallest absolute Gasteiger partial charge is 0.141 e. The summed E-state index contributed by atoms with van der Waals surface area (Å²) in [7, 11) is 0. The van der Waals surface area contributed by atoms with Crippen molar-refractivity contribution in [2.75, 3.05) is 0 Å². The van der Waals surface area contributed by atoms with Crippen LogP contribution in [0, 0.1) is 23.3 Å². The zero-order valence-corrected chi connectivity index (χ0v) is 6.58. The van der Waals surface area contributed by atoms with Crippen molar-refractivity contribution in [1.82, 2.24) is 4.98 Å². The average Bonchev–Trinajstić information content (AvgIpc) is 2.17. The molecule has 0 atom stereocenters. The van der Waals surface area contributed by atoms with Crippen LogP contribution in [-0.2, 0) is 0 Å². The zero-order valence-electron chi connectivity index (χ0n) is 6.58. The van der Waals surface area contributed by atoms with Gasteiger partial charge in [-0.05, 0) is 18.2 Å². The lowest BCUT2D eigenvalue weighted by molar-refractivity contribution is 0.626. The first-order valence-corrected chi connectivity index (χ1v) is 3.68. The molecular formula is C10H4FN2. The van der Waals surface area contributed by atoms with Gasteiger partial charge < -0.3 is 0 Å². The summed E-state index contributed by atoms with van der Waals surface area (Å²) in [4.78, 5) is 3.89. The summed E-state index contributed by atoms with van der Waals surface area (Å²) in [5.74, 6) is -0.511. The van der Waals surface area contributed by atoms with Crippen molar-refractivity contribution in [1.29, 1.82) is 5.26 Å². The predicted octanol–water partition coefficient (Wildman–Crippen LogP) is 2.05. The first-order chi connectivity index (χ1) is 6.31. The van der Waals surface area contributed by atoms with Gasteiger partial charge in [0.2, 0.25) is 0 Å². The van der Waals surface area contributed by atoms with Gasteiger partial charge in [0.05, 0.1) is 17.3 Å². The number of nitrogens with zero attached hydrogens (tertiary/aromatic N) is 2. The van der Waals surface area contributed by atoms with E-state index in [1.54, 1.807) is 18.2 Å². The molecule has 1 radical (unpaired) electrons. The third-order valence-corrected chi connectivity index (χ3v) is 1.76. The highest BCUT2D eigenvalue weighted by molar-refractivity contribution is 5.79. The number of rotatable bonds is 0. The number of benzene rings is 1. The van der Waals surface area contributed by atoms with Crippen LogP contribution in [0.1, 0.15) is 5.56 Å². The van der Waals surface area contributed by atoms with Gasteiger partial charge in [-0.1, -0.05) is 6.07 Å². The standard InChI is InChI=1S/C10H4FN2/c11-9-4-7-2-1-3-13-10(7)5-8(9)6-12/h1-2,4-5H. The molecule has 13 heavy (non-hydrogen) atoms. The molecular weight excluding hydrogens is 167 g/mol. The van der Waals surface area contributed by atoms with Crippen LogP contribution in [0.25, 0.3) is 10.9 Å². The summed E-state index contributed by atoms with van der Waals surface area (Å²) < 4.78 is 13.1. The van der Waals surface area contributed by atoms with Crippen molar-refractivity contribution in [3.8, 4) is 6.07 Å². The van der Waals surface area contributed by atoms with Crippen molar-refractivity contribution in [3.63, 3.8) is 0 Å². The summed E-state index contributed by atoms with van der Waals surface area (Å²) in [6.07, 6.45) is 2.62. The van der Waals surface area contributed by atoms with Crippen LogP contribution in [0.4, 0.5) is 4.39 Å². The van der Waals surface area contributed by atoms with Gasteiger partial charge in [-0.15, -0.1) is 0 Å². The Hall–Kier alpha value is -1.95. The van der Waals surface area contributed by atoms with E-state index in [1.165, 1.54) is 12.1 Å². The molecule has 0 unspecified atom stereocenters. The van der Waals surface area contributed by atoms with Gasteiger partial charge in [0.25, 0.3) is 0 Å². The molecule has 2 nitrogen and oxygen atoms in total. The van der Waals surface area contributed by atoms with Crippen LogP contribution in [0.5, 0.6) is 0 Å². The molecule has 0 N–H and O–H groups in total. The van der Waals surface area contributed by atoms with Crippen LogP contribution in [0.3, 0.4) is 0 Å². The molecule has 0 spiro atoms. The average molecular weight is 171 g/mol. The molecule has 0 bridgehead atoms. The van der Waals surface area contributed by atoms with E-state index in [1.807, 2.05) is 0 Å². The Morgan fingerprint density at radius 2 is 2.31 bits per heavy atom. The first-order valence-electron chi connectivity index (χ1n) is 3.68. The molecule has 0 saturated carbocycles. The fraction of sp³-hybridized carbons (Fsp3) is 0. The first kappa shape index (κ1) is 7.69. The summed E-state index contributed by atoms with van der Waals surface area (Å²) in [5.41, 5.74) is 0.597. The summed E-state index contributed by atoms with van der Waals surface area (Å²) in [6, 6.07) is 7.78. The topological polar surface area (TPSA) is 36.7 Å². The summed E-state index contributed by atoms with van der Waals surface area (Å²) in [5, 5.41) is 9.23. The second-order valence-corrected chi connectivity index (χ2v) is 2.58. The minimum absolute atomic E-state index is 0.0135. The number of aromatic nitrogens is 1. The van der Waals surface area contributed by atoms with Gasteiger partial charge in [0.15, 0.2) is 0 Å². The number of hydrogen-bond acceptors (Lipinski definition) is 2. The lowest BCUT2D eigenvalue weighted by Crippen LogP contribution is -1.85. The van der Waals surface area contributed by atoms with Gasteiger partial charge in [-0.2, -0.15) is 5.26 Å². The maximum Gasteiger partial charge on any atom is 0.141 e. The largest absolute Gasteiger partial charge is 0.246 e. The number of nitriles is 1. The van der Waals surface area contributed by atoms with Crippen molar-refractivity contribution in [2.24, 2.45) is 0 Å². The van der Waals surface area contributed by atoms with E-state index in [4.69, 9.17) is 5.26 Å². The molecule has 0 fully saturated rings. The second kappa shape index (κ2) is 2.83. The van der Waals surface area contributed by atoms with E-state index in [2.05, 4.69) is 11.2 Å². The normalized spacial score (nSPS) is 9.85. The molecule has 3 heteroatoms. The summed E-state index contributed by atoms with van der Waals surface area (Å²) >= 11 is 0. The molecule has 0 aliphatic heterocycles. The molecule has 61 valence electrons. The van der Waals surface area contributed by atoms with Crippen molar-refractivity contribution < 1.29 is 4.39 Å². The van der Waals surface area contributed by atoms with Crippen LogP contribution in [-0.4, -0.2) is 4.98 Å². The van der Waals surface area contributed by atoms with Gasteiger partial charge in [0.1, 0.15) is 11.9 Å². The van der Waals surface area contributed by atoms with E-state index in [-0.39, 0.29) is 5.56 Å². The fourth-order valence-corrected chi connectivity index (χ4v) is 1.13. The maximum atomic E-state index is 13.1. The van der Waals surface area contributed by atoms with Gasteiger partial charge in [-0.3, -0.25) is 0 Å². The molecule has 0 saturated heterocycles. The minimum Gasteiger partial charge on any atom is -0.246 e. The molecule has 2 aromatic rings. The zero-order chi connectivity index (χ0) is 9.26. The molecule has 2 rings (SSSR count). The lowest BCUT2D eigenvalue weighted by Gasteiger charge is -1.97. The van der Waals surface area contributed by atoms with Gasteiger partial charge in [-0.25, -0.2) is 9.37 Å². The summed E-state index contributed by atoms with van der Waals surface area (Å²) in [6.45, 7) is 0. The van der Waals surface area contributed by atoms with Crippen molar-refractivity contribution in [3.05, 3.63) is 41.8 Å². The molecule has 1 aromatic heterocycles. The minimum atomic E-state index is -0.511. The number of halogens is 1. The third-order valence-electron chi connectivity index (χ3n) is 1.76. The van der Waals surface area contributed by atoms with Crippen LogP contribution in [0.15, 0.2) is 24.3 Å². The highest BCUT2D eigenvalue weighted by Gasteiger charge is 2.03. The Bertz CT molecular complexity index is 500. The number of hydrogen-bond donors (Lipinski definition) is 0. The number of pyridine rings is 1. The highest BCUT2D eigenvalue weighted by atomic mass is 19.1. The maximum absolute atomic E-state index is 13.1. The third kappa shape index (κ3) is 1.23. The Morgan fingerprint density at radius 3 is 3.08 bits per heavy atom. The van der Waals surface area contributed by atoms with Gasteiger partial charge in [0, 0.05) is 5.39 Å².